The summed E-state index contributed by atoms with van der Waals surface area (Å²) in [5.74, 6) is -10.9. The topological polar surface area (TPSA) is 80.9 Å². The van der Waals surface area contributed by atoms with E-state index >= 15 is 0 Å². The minimum atomic E-state index is -5.92. The van der Waals surface area contributed by atoms with Gasteiger partial charge in [0, 0.05) is 44.8 Å². The number of hydrogen-bond acceptors (Lipinski definition) is 4. The van der Waals surface area contributed by atoms with E-state index in [1.165, 1.54) is 31.8 Å². The molecule has 330 valence electrons. The number of aliphatic hydroxyl groups is 4. The molecular weight excluding hydrogens is 1040 g/mol. The van der Waals surface area contributed by atoms with E-state index in [2.05, 4.69) is 182 Å². The molecule has 0 heterocycles. The smallest absolute Gasteiger partial charge is 0.363 e. The standard InChI is InChI=1S/2C18H15P.2C3H3F5O2.2Ag/c2*1-4-10-16(11-5-1)19(17-12-6-2-7-13-17)18-14-8-3-9-15-18;2*4-2(5,1(9)10)3(6,7)8;;/h2*1-15H;2*1,9-10H;;/p+2. The largest absolute Gasteiger partial charge is 0.458 e. The van der Waals surface area contributed by atoms with Gasteiger partial charge in [0.2, 0.25) is 12.6 Å². The summed E-state index contributed by atoms with van der Waals surface area (Å²) in [6.07, 6.45) is -19.2. The first-order chi connectivity index (χ1) is 27.3. The number of hydrogen-bond donors (Lipinski definition) is 4. The van der Waals surface area contributed by atoms with E-state index in [1.54, 1.807) is 0 Å². The van der Waals surface area contributed by atoms with E-state index in [0.29, 0.717) is 0 Å². The van der Waals surface area contributed by atoms with Gasteiger partial charge in [-0.2, -0.15) is 43.9 Å². The van der Waals surface area contributed by atoms with E-state index < -0.39 is 52.6 Å². The molecule has 0 aliphatic carbocycles. The van der Waals surface area contributed by atoms with Gasteiger partial charge in [-0.3, -0.25) is 0 Å². The Morgan fingerprint density at radius 2 is 0.417 bits per heavy atom. The van der Waals surface area contributed by atoms with Crippen LogP contribution >= 0.6 is 15.8 Å². The van der Waals surface area contributed by atoms with Gasteiger partial charge >= 0.3 is 24.2 Å². The third-order valence-corrected chi connectivity index (χ3v) is 13.2. The third kappa shape index (κ3) is 16.2. The maximum Gasteiger partial charge on any atom is 0.458 e. The fourth-order valence-electron chi connectivity index (χ4n) is 4.92. The Balaban J connectivity index is 0.000000415. The van der Waals surface area contributed by atoms with Crippen LogP contribution in [0.5, 0.6) is 0 Å². The van der Waals surface area contributed by atoms with Crippen molar-refractivity contribution in [2.24, 2.45) is 0 Å². The van der Waals surface area contributed by atoms with Crippen LogP contribution in [0.4, 0.5) is 43.9 Å². The minimum Gasteiger partial charge on any atom is -0.363 e. The molecule has 0 unspecified atom stereocenters. The Kier molecular flexibility index (Phi) is 23.5. The molecule has 0 amide bonds. The zero-order chi connectivity index (χ0) is 43.0. The SMILES string of the molecule is OC(O)C(F)(F)C(F)(F)F.OC(O)C(F)(F)C(F)(F)F.[Ag].[Ag].c1ccc([PH+](c2ccccc2)c2ccccc2)cc1.c1ccc([PH+](c2ccccc2)c2ccccc2)cc1. The Morgan fingerprint density at radius 1 is 0.283 bits per heavy atom. The van der Waals surface area contributed by atoms with Crippen molar-refractivity contribution in [2.75, 3.05) is 0 Å². The summed E-state index contributed by atoms with van der Waals surface area (Å²) < 4.78 is 112. The van der Waals surface area contributed by atoms with Crippen LogP contribution in [0.15, 0.2) is 182 Å². The summed E-state index contributed by atoms with van der Waals surface area (Å²) in [5, 5.41) is 38.6. The van der Waals surface area contributed by atoms with E-state index in [0.717, 1.165) is 0 Å². The number of alkyl halides is 10. The quantitative estimate of drug-likeness (QED) is 0.0558. The second-order valence-corrected chi connectivity index (χ2v) is 16.9. The van der Waals surface area contributed by atoms with Crippen molar-refractivity contribution in [1.82, 2.24) is 0 Å². The van der Waals surface area contributed by atoms with Crippen LogP contribution in [0.1, 0.15) is 0 Å². The Labute approximate surface area is 373 Å². The summed E-state index contributed by atoms with van der Waals surface area (Å²) >= 11 is 0. The van der Waals surface area contributed by atoms with Crippen molar-refractivity contribution >= 4 is 47.7 Å². The fourth-order valence-corrected chi connectivity index (χ4v) is 10.1. The predicted octanol–water partition coefficient (Wildman–Crippen LogP) is 7.34. The first-order valence-corrected chi connectivity index (χ1v) is 20.0. The molecule has 0 fully saturated rings. The molecule has 0 aromatic heterocycles. The molecule has 0 aliphatic rings. The Bertz CT molecular complexity index is 1690. The summed E-state index contributed by atoms with van der Waals surface area (Å²) in [5.41, 5.74) is 0. The minimum absolute atomic E-state index is 0. The van der Waals surface area contributed by atoms with Gasteiger partial charge in [-0.1, -0.05) is 109 Å². The van der Waals surface area contributed by atoms with E-state index in [-0.39, 0.29) is 44.8 Å². The first-order valence-electron chi connectivity index (χ1n) is 17.0. The zero-order valence-electron chi connectivity index (χ0n) is 30.6. The van der Waals surface area contributed by atoms with Crippen LogP contribution in [0.3, 0.4) is 0 Å². The second kappa shape index (κ2) is 25.7. The summed E-state index contributed by atoms with van der Waals surface area (Å²) in [6, 6.07) is 65.0. The van der Waals surface area contributed by atoms with Crippen molar-refractivity contribution < 1.29 is 109 Å². The maximum atomic E-state index is 11.4. The van der Waals surface area contributed by atoms with Crippen LogP contribution in [0, 0.1) is 0 Å². The van der Waals surface area contributed by atoms with Gasteiger partial charge in [-0.25, -0.2) is 0 Å². The molecule has 18 heteroatoms. The van der Waals surface area contributed by atoms with Crippen molar-refractivity contribution in [3.63, 3.8) is 0 Å². The monoisotopic (exact) mass is 1070 g/mol. The zero-order valence-corrected chi connectivity index (χ0v) is 35.6. The maximum absolute atomic E-state index is 11.4. The third-order valence-electron chi connectivity index (χ3n) is 7.78. The predicted molar refractivity (Wildman–Crippen MR) is 212 cm³/mol. The molecule has 6 aromatic rings. The molecule has 6 rings (SSSR count). The van der Waals surface area contributed by atoms with Gasteiger partial charge < -0.3 is 20.4 Å². The molecule has 0 saturated carbocycles. The van der Waals surface area contributed by atoms with Crippen LogP contribution < -0.4 is 31.8 Å². The van der Waals surface area contributed by atoms with E-state index in [1.807, 2.05) is 0 Å². The second-order valence-electron chi connectivity index (χ2n) is 11.9. The van der Waals surface area contributed by atoms with Crippen molar-refractivity contribution in [1.29, 1.82) is 0 Å². The van der Waals surface area contributed by atoms with Gasteiger partial charge in [-0.15, -0.1) is 0 Å². The molecule has 0 spiro atoms. The van der Waals surface area contributed by atoms with Gasteiger partial charge in [0.25, 0.3) is 0 Å². The molecule has 2 radical (unpaired) electrons. The molecule has 0 aliphatic heterocycles. The van der Waals surface area contributed by atoms with Gasteiger partial charge in [0.1, 0.15) is 31.8 Å². The normalized spacial score (nSPS) is 11.5. The number of aliphatic hydroxyl groups excluding tert-OH is 2. The molecular formula is C42H38Ag2F10O4P2+2. The molecule has 4 nitrogen and oxygen atoms in total. The molecule has 0 bridgehead atoms. The number of benzene rings is 6. The van der Waals surface area contributed by atoms with Crippen molar-refractivity contribution in [3.8, 4) is 0 Å². The Hall–Kier alpha value is -3.20. The van der Waals surface area contributed by atoms with E-state index in [9.17, 15) is 43.9 Å². The van der Waals surface area contributed by atoms with Gasteiger partial charge in [-0.05, 0) is 72.8 Å². The Morgan fingerprint density at radius 3 is 0.500 bits per heavy atom. The average Bonchev–Trinajstić information content (AvgIpc) is 3.20. The van der Waals surface area contributed by atoms with Crippen LogP contribution in [0.2, 0.25) is 0 Å². The van der Waals surface area contributed by atoms with Crippen LogP contribution in [-0.4, -0.2) is 57.2 Å². The van der Waals surface area contributed by atoms with Crippen LogP contribution in [0.25, 0.3) is 0 Å². The fraction of sp³-hybridized carbons (Fsp3) is 0.143. The van der Waals surface area contributed by atoms with Crippen molar-refractivity contribution in [2.45, 2.75) is 36.8 Å². The average molecular weight is 1070 g/mol. The van der Waals surface area contributed by atoms with Crippen molar-refractivity contribution in [3.05, 3.63) is 182 Å². The van der Waals surface area contributed by atoms with Crippen LogP contribution in [-0.2, 0) is 44.8 Å². The first kappa shape index (κ1) is 54.8. The molecule has 0 atom stereocenters. The molecule has 4 N–H and O–H groups in total. The summed E-state index contributed by atoms with van der Waals surface area (Å²) in [6.45, 7) is 0. The van der Waals surface area contributed by atoms with Gasteiger partial charge in [0.05, 0.1) is 15.8 Å². The summed E-state index contributed by atoms with van der Waals surface area (Å²) in [4.78, 5) is 0. The molecule has 60 heavy (non-hydrogen) atoms. The number of rotatable bonds is 8. The molecule has 6 aromatic carbocycles. The van der Waals surface area contributed by atoms with Gasteiger partial charge in [0.15, 0.2) is 0 Å². The summed E-state index contributed by atoms with van der Waals surface area (Å²) in [7, 11) is -1.75. The van der Waals surface area contributed by atoms with E-state index in [4.69, 9.17) is 20.4 Å². The molecule has 0 saturated heterocycles. The number of halogens is 10.